The highest BCUT2D eigenvalue weighted by atomic mass is 16.5. The maximum absolute atomic E-state index is 13.0. The minimum absolute atomic E-state index is 0.121. The molecule has 3 rings (SSSR count). The van der Waals surface area contributed by atoms with Crippen molar-refractivity contribution < 1.29 is 14.3 Å². The summed E-state index contributed by atoms with van der Waals surface area (Å²) in [5, 5.41) is 0. The van der Waals surface area contributed by atoms with E-state index in [1.807, 2.05) is 24.3 Å². The first kappa shape index (κ1) is 16.3. The van der Waals surface area contributed by atoms with Crippen LogP contribution in [0.25, 0.3) is 0 Å². The molecule has 5 nitrogen and oxygen atoms in total. The third-order valence-electron chi connectivity index (χ3n) is 5.29. The second kappa shape index (κ2) is 6.89. The first-order valence-corrected chi connectivity index (χ1v) is 8.38. The van der Waals surface area contributed by atoms with Crippen LogP contribution in [0.15, 0.2) is 24.3 Å². The summed E-state index contributed by atoms with van der Waals surface area (Å²) >= 11 is 0. The van der Waals surface area contributed by atoms with Gasteiger partial charge in [0.05, 0.1) is 19.3 Å². The molecule has 126 valence electrons. The highest BCUT2D eigenvalue weighted by Crippen LogP contribution is 2.33. The van der Waals surface area contributed by atoms with E-state index in [0.29, 0.717) is 5.92 Å². The quantitative estimate of drug-likeness (QED) is 0.850. The number of piperidine rings is 1. The van der Waals surface area contributed by atoms with Gasteiger partial charge in [0, 0.05) is 38.2 Å². The molecule has 3 atom stereocenters. The molecule has 0 unspecified atom stereocenters. The lowest BCUT2D eigenvalue weighted by molar-refractivity contribution is -0.0156. The van der Waals surface area contributed by atoms with Gasteiger partial charge in [-0.15, -0.1) is 0 Å². The van der Waals surface area contributed by atoms with Gasteiger partial charge in [-0.1, -0.05) is 6.92 Å². The van der Waals surface area contributed by atoms with E-state index in [0.717, 1.165) is 43.9 Å². The standard InChI is InChI=1S/C18H26N2O3/c1-4-19-11-15-16(12-19)20(10-9-17(15)23-3)18(21)13-5-7-14(22-2)8-6-13/h5-8,15-17H,4,9-12H2,1-3H3/t15-,16+,17+/m0/s1. The van der Waals surface area contributed by atoms with Crippen LogP contribution in [0.2, 0.25) is 0 Å². The van der Waals surface area contributed by atoms with E-state index < -0.39 is 0 Å². The van der Waals surface area contributed by atoms with Crippen LogP contribution >= 0.6 is 0 Å². The van der Waals surface area contributed by atoms with Gasteiger partial charge in [0.15, 0.2) is 0 Å². The Balaban J connectivity index is 1.79. The zero-order valence-corrected chi connectivity index (χ0v) is 14.2. The predicted octanol–water partition coefficient (Wildman–Crippen LogP) is 1.88. The maximum Gasteiger partial charge on any atom is 0.254 e. The SMILES string of the molecule is CCN1C[C@H]2[C@@H](C1)N(C(=O)c1ccc(OC)cc1)CC[C@H]2OC. The van der Waals surface area contributed by atoms with E-state index in [2.05, 4.69) is 16.7 Å². The van der Waals surface area contributed by atoms with E-state index in [1.54, 1.807) is 14.2 Å². The Morgan fingerprint density at radius 1 is 1.22 bits per heavy atom. The highest BCUT2D eigenvalue weighted by molar-refractivity contribution is 5.94. The van der Waals surface area contributed by atoms with Crippen LogP contribution in [0.1, 0.15) is 23.7 Å². The summed E-state index contributed by atoms with van der Waals surface area (Å²) in [7, 11) is 3.42. The smallest absolute Gasteiger partial charge is 0.254 e. The summed E-state index contributed by atoms with van der Waals surface area (Å²) in [6.07, 6.45) is 1.17. The Kier molecular flexibility index (Phi) is 4.87. The molecule has 1 aromatic carbocycles. The van der Waals surface area contributed by atoms with Crippen molar-refractivity contribution in [1.82, 2.24) is 9.80 Å². The van der Waals surface area contributed by atoms with Crippen LogP contribution in [-0.4, -0.2) is 68.3 Å². The van der Waals surface area contributed by atoms with Crippen LogP contribution in [0.4, 0.5) is 0 Å². The number of likely N-dealkylation sites (tertiary alicyclic amines) is 2. The Morgan fingerprint density at radius 3 is 2.57 bits per heavy atom. The Labute approximate surface area is 138 Å². The average Bonchev–Trinajstić information content (AvgIpc) is 3.04. The fourth-order valence-electron chi connectivity index (χ4n) is 3.94. The summed E-state index contributed by atoms with van der Waals surface area (Å²) in [5.74, 6) is 1.31. The van der Waals surface area contributed by atoms with Crippen molar-refractivity contribution in [3.8, 4) is 5.75 Å². The molecule has 5 heteroatoms. The average molecular weight is 318 g/mol. The molecule has 0 aromatic heterocycles. The van der Waals surface area contributed by atoms with Gasteiger partial charge in [0.1, 0.15) is 5.75 Å². The molecule has 0 aliphatic carbocycles. The van der Waals surface area contributed by atoms with Gasteiger partial charge in [-0.25, -0.2) is 0 Å². The summed E-state index contributed by atoms with van der Waals surface area (Å²) in [6.45, 7) is 5.93. The number of carbonyl (C=O) groups excluding carboxylic acids is 1. The van der Waals surface area contributed by atoms with Gasteiger partial charge in [0.25, 0.3) is 5.91 Å². The molecule has 0 radical (unpaired) electrons. The number of nitrogens with zero attached hydrogens (tertiary/aromatic N) is 2. The van der Waals surface area contributed by atoms with Gasteiger partial charge in [-0.05, 0) is 37.2 Å². The number of hydrogen-bond acceptors (Lipinski definition) is 4. The number of amides is 1. The highest BCUT2D eigenvalue weighted by Gasteiger charge is 2.45. The van der Waals surface area contributed by atoms with Crippen molar-refractivity contribution in [3.63, 3.8) is 0 Å². The van der Waals surface area contributed by atoms with E-state index in [9.17, 15) is 4.79 Å². The van der Waals surface area contributed by atoms with E-state index >= 15 is 0 Å². The van der Waals surface area contributed by atoms with Gasteiger partial charge in [-0.3, -0.25) is 4.79 Å². The number of methoxy groups -OCH3 is 2. The summed E-state index contributed by atoms with van der Waals surface area (Å²) in [6, 6.07) is 7.65. The van der Waals surface area contributed by atoms with E-state index in [-0.39, 0.29) is 18.1 Å². The van der Waals surface area contributed by atoms with Gasteiger partial charge >= 0.3 is 0 Å². The first-order valence-electron chi connectivity index (χ1n) is 8.38. The number of benzene rings is 1. The molecule has 2 fully saturated rings. The number of likely N-dealkylation sites (N-methyl/N-ethyl adjacent to an activating group) is 1. The molecule has 2 heterocycles. The minimum atomic E-state index is 0.121. The predicted molar refractivity (Wildman–Crippen MR) is 88.8 cm³/mol. The molecule has 23 heavy (non-hydrogen) atoms. The number of fused-ring (bicyclic) bond motifs is 1. The maximum atomic E-state index is 13.0. The summed E-state index contributed by atoms with van der Waals surface area (Å²) in [4.78, 5) is 17.4. The third kappa shape index (κ3) is 3.08. The van der Waals surface area contributed by atoms with Crippen molar-refractivity contribution in [3.05, 3.63) is 29.8 Å². The first-order chi connectivity index (χ1) is 11.2. The topological polar surface area (TPSA) is 42.0 Å². The summed E-state index contributed by atoms with van der Waals surface area (Å²) in [5.41, 5.74) is 0.732. The third-order valence-corrected chi connectivity index (χ3v) is 5.29. The lowest BCUT2D eigenvalue weighted by Crippen LogP contribution is -2.53. The molecule has 0 N–H and O–H groups in total. The molecule has 1 aromatic rings. The molecule has 2 aliphatic heterocycles. The van der Waals surface area contributed by atoms with Gasteiger partial charge in [-0.2, -0.15) is 0 Å². The molecule has 2 saturated heterocycles. The lowest BCUT2D eigenvalue weighted by atomic mass is 9.88. The van der Waals surface area contributed by atoms with Crippen molar-refractivity contribution in [2.75, 3.05) is 40.4 Å². The van der Waals surface area contributed by atoms with Crippen molar-refractivity contribution in [2.45, 2.75) is 25.5 Å². The fraction of sp³-hybridized carbons (Fsp3) is 0.611. The lowest BCUT2D eigenvalue weighted by Gasteiger charge is -2.41. The van der Waals surface area contributed by atoms with Crippen molar-refractivity contribution in [2.24, 2.45) is 5.92 Å². The largest absolute Gasteiger partial charge is 0.497 e. The van der Waals surface area contributed by atoms with E-state index in [4.69, 9.17) is 9.47 Å². The van der Waals surface area contributed by atoms with Crippen LogP contribution in [0.5, 0.6) is 5.75 Å². The van der Waals surface area contributed by atoms with Crippen LogP contribution < -0.4 is 4.74 Å². The zero-order valence-electron chi connectivity index (χ0n) is 14.2. The molecule has 1 amide bonds. The molecule has 2 aliphatic rings. The monoisotopic (exact) mass is 318 g/mol. The number of carbonyl (C=O) groups is 1. The van der Waals surface area contributed by atoms with Gasteiger partial charge in [0.2, 0.25) is 0 Å². The van der Waals surface area contributed by atoms with Crippen LogP contribution in [0, 0.1) is 5.92 Å². The molecule has 0 spiro atoms. The normalized spacial score (nSPS) is 27.8. The molecular formula is C18H26N2O3. The molecule has 0 bridgehead atoms. The van der Waals surface area contributed by atoms with Crippen molar-refractivity contribution in [1.29, 1.82) is 0 Å². The van der Waals surface area contributed by atoms with Crippen LogP contribution in [-0.2, 0) is 4.74 Å². The number of hydrogen-bond donors (Lipinski definition) is 0. The van der Waals surface area contributed by atoms with Crippen LogP contribution in [0.3, 0.4) is 0 Å². The Morgan fingerprint density at radius 2 is 1.96 bits per heavy atom. The minimum Gasteiger partial charge on any atom is -0.497 e. The Hall–Kier alpha value is -1.59. The number of rotatable bonds is 4. The molecular weight excluding hydrogens is 292 g/mol. The van der Waals surface area contributed by atoms with E-state index in [1.165, 1.54) is 0 Å². The van der Waals surface area contributed by atoms with Gasteiger partial charge < -0.3 is 19.3 Å². The fourth-order valence-corrected chi connectivity index (χ4v) is 3.94. The zero-order chi connectivity index (χ0) is 16.4. The summed E-state index contributed by atoms with van der Waals surface area (Å²) < 4.78 is 10.9. The molecule has 0 saturated carbocycles. The number of ether oxygens (including phenoxy) is 2. The second-order valence-electron chi connectivity index (χ2n) is 6.37. The Bertz CT molecular complexity index is 546. The van der Waals surface area contributed by atoms with Crippen molar-refractivity contribution >= 4 is 5.91 Å². The second-order valence-corrected chi connectivity index (χ2v) is 6.37.